The Kier molecular flexibility index (Phi) is 4.50. The number of aryl methyl sites for hydroxylation is 2. The Bertz CT molecular complexity index is 1410. The summed E-state index contributed by atoms with van der Waals surface area (Å²) in [7, 11) is 1.66. The van der Waals surface area contributed by atoms with E-state index >= 15 is 0 Å². The molecule has 7 nitrogen and oxygen atoms in total. The van der Waals surface area contributed by atoms with Crippen LogP contribution in [-0.2, 0) is 13.1 Å². The molecule has 1 fully saturated rings. The number of methoxy groups -OCH3 is 1. The first kappa shape index (κ1) is 19.7. The predicted octanol–water partition coefficient (Wildman–Crippen LogP) is 4.75. The van der Waals surface area contributed by atoms with Crippen molar-refractivity contribution >= 4 is 22.8 Å². The Labute approximate surface area is 190 Å². The molecule has 3 heterocycles. The average Bonchev–Trinajstić information content (AvgIpc) is 3.30. The molecular formula is C26H23N3O4. The number of phenolic OH excluding ortho intramolecular Hbond substituents is 1. The fourth-order valence-corrected chi connectivity index (χ4v) is 4.64. The second-order valence-corrected chi connectivity index (χ2v) is 8.50. The molecule has 0 bridgehead atoms. The van der Waals surface area contributed by atoms with Crippen molar-refractivity contribution in [2.45, 2.75) is 31.8 Å². The number of hydrogen-bond acceptors (Lipinski definition) is 5. The standard InChI is InChI=1S/C26H23N3O4/c1-32-18-6-8-22-20(14-18)21(15-24-26(31)19-7-5-17(30)13-23(19)33-24)25(16-3-4-16)29(22)12-11-28-10-2-9-27-28/h2,5-10,13-16,30H,3-4,11-12H2,1H3/b24-15-. The van der Waals surface area contributed by atoms with Crippen molar-refractivity contribution < 1.29 is 19.4 Å². The molecule has 2 aliphatic rings. The van der Waals surface area contributed by atoms with Crippen LogP contribution in [0.3, 0.4) is 0 Å². The summed E-state index contributed by atoms with van der Waals surface area (Å²) in [6.45, 7) is 1.51. The molecule has 2 aromatic carbocycles. The highest BCUT2D eigenvalue weighted by molar-refractivity contribution is 6.15. The first-order chi connectivity index (χ1) is 16.1. The number of rotatable bonds is 6. The van der Waals surface area contributed by atoms with E-state index in [-0.39, 0.29) is 17.3 Å². The van der Waals surface area contributed by atoms with Gasteiger partial charge in [-0.05, 0) is 61.2 Å². The lowest BCUT2D eigenvalue weighted by Crippen LogP contribution is -2.10. The smallest absolute Gasteiger partial charge is 0.231 e. The molecule has 1 saturated carbocycles. The van der Waals surface area contributed by atoms with Gasteiger partial charge in [0.15, 0.2) is 5.76 Å². The van der Waals surface area contributed by atoms with E-state index in [0.717, 1.165) is 48.1 Å². The molecule has 0 atom stereocenters. The lowest BCUT2D eigenvalue weighted by Gasteiger charge is -2.11. The monoisotopic (exact) mass is 441 g/mol. The lowest BCUT2D eigenvalue weighted by atomic mass is 10.0. The summed E-state index contributed by atoms with van der Waals surface area (Å²) >= 11 is 0. The fourth-order valence-electron chi connectivity index (χ4n) is 4.64. The van der Waals surface area contributed by atoms with Gasteiger partial charge in [0.05, 0.1) is 19.2 Å². The Balaban J connectivity index is 1.50. The molecule has 2 aromatic heterocycles. The van der Waals surface area contributed by atoms with Gasteiger partial charge in [0, 0.05) is 47.2 Å². The zero-order chi connectivity index (χ0) is 22.5. The van der Waals surface area contributed by atoms with Crippen molar-refractivity contribution in [3.05, 3.63) is 77.4 Å². The van der Waals surface area contributed by atoms with E-state index in [1.807, 2.05) is 35.2 Å². The van der Waals surface area contributed by atoms with Gasteiger partial charge in [0.2, 0.25) is 5.78 Å². The third kappa shape index (κ3) is 3.36. The summed E-state index contributed by atoms with van der Waals surface area (Å²) in [5.74, 6) is 1.76. The summed E-state index contributed by atoms with van der Waals surface area (Å²) < 4.78 is 15.7. The Morgan fingerprint density at radius 3 is 2.85 bits per heavy atom. The number of carbonyl (C=O) groups excluding carboxylic acids is 1. The molecule has 0 unspecified atom stereocenters. The number of phenols is 1. The maximum atomic E-state index is 13.0. The number of ketones is 1. The number of allylic oxidation sites excluding steroid dienone is 1. The van der Waals surface area contributed by atoms with Gasteiger partial charge in [-0.25, -0.2) is 0 Å². The van der Waals surface area contributed by atoms with E-state index in [1.54, 1.807) is 19.4 Å². The number of ether oxygens (including phenoxy) is 2. The number of carbonyl (C=O) groups is 1. The Hall–Kier alpha value is -4.00. The van der Waals surface area contributed by atoms with Gasteiger partial charge in [-0.2, -0.15) is 5.10 Å². The van der Waals surface area contributed by atoms with Crippen LogP contribution in [0, 0.1) is 0 Å². The van der Waals surface area contributed by atoms with Crippen LogP contribution in [-0.4, -0.2) is 32.3 Å². The average molecular weight is 441 g/mol. The zero-order valence-corrected chi connectivity index (χ0v) is 18.2. The third-order valence-electron chi connectivity index (χ3n) is 6.36. The molecule has 6 rings (SSSR count). The molecule has 33 heavy (non-hydrogen) atoms. The van der Waals surface area contributed by atoms with Crippen molar-refractivity contribution in [1.82, 2.24) is 14.3 Å². The van der Waals surface area contributed by atoms with E-state index in [0.29, 0.717) is 17.2 Å². The molecule has 4 aromatic rings. The molecule has 0 saturated heterocycles. The topological polar surface area (TPSA) is 78.5 Å². The van der Waals surface area contributed by atoms with Gasteiger partial charge in [-0.15, -0.1) is 0 Å². The highest BCUT2D eigenvalue weighted by atomic mass is 16.5. The first-order valence-corrected chi connectivity index (χ1v) is 11.1. The van der Waals surface area contributed by atoms with E-state index < -0.39 is 0 Å². The summed E-state index contributed by atoms with van der Waals surface area (Å²) in [5, 5.41) is 15.2. The number of nitrogens with zero attached hydrogens (tertiary/aromatic N) is 3. The third-order valence-corrected chi connectivity index (χ3v) is 6.36. The Morgan fingerprint density at radius 2 is 2.09 bits per heavy atom. The number of aromatic hydroxyl groups is 1. The largest absolute Gasteiger partial charge is 0.508 e. The quantitative estimate of drug-likeness (QED) is 0.437. The number of Topliss-reactive ketones (excluding diaryl/α,β-unsaturated/α-hetero) is 1. The van der Waals surface area contributed by atoms with Crippen LogP contribution in [0.5, 0.6) is 17.2 Å². The van der Waals surface area contributed by atoms with Crippen molar-refractivity contribution in [3.8, 4) is 17.2 Å². The maximum Gasteiger partial charge on any atom is 0.231 e. The van der Waals surface area contributed by atoms with Crippen LogP contribution in [0.2, 0.25) is 0 Å². The molecular weight excluding hydrogens is 418 g/mol. The first-order valence-electron chi connectivity index (χ1n) is 11.1. The highest BCUT2D eigenvalue weighted by Crippen LogP contribution is 2.47. The molecule has 166 valence electrons. The normalized spacial score (nSPS) is 16.4. The van der Waals surface area contributed by atoms with Gasteiger partial charge < -0.3 is 19.1 Å². The molecule has 1 aliphatic heterocycles. The lowest BCUT2D eigenvalue weighted by molar-refractivity contribution is 0.101. The van der Waals surface area contributed by atoms with Gasteiger partial charge in [0.25, 0.3) is 0 Å². The number of hydrogen-bond donors (Lipinski definition) is 1. The SMILES string of the molecule is COc1ccc2c(c1)c(/C=C1\Oc3cc(O)ccc3C1=O)c(C1CC1)n2CCn1cccn1. The van der Waals surface area contributed by atoms with Crippen LogP contribution < -0.4 is 9.47 Å². The molecule has 0 radical (unpaired) electrons. The minimum Gasteiger partial charge on any atom is -0.508 e. The van der Waals surface area contributed by atoms with Crippen LogP contribution in [0.25, 0.3) is 17.0 Å². The minimum absolute atomic E-state index is 0.0708. The Morgan fingerprint density at radius 1 is 1.21 bits per heavy atom. The summed E-state index contributed by atoms with van der Waals surface area (Å²) in [4.78, 5) is 13.0. The second-order valence-electron chi connectivity index (χ2n) is 8.50. The maximum absolute atomic E-state index is 13.0. The zero-order valence-electron chi connectivity index (χ0n) is 18.2. The minimum atomic E-state index is -0.174. The van der Waals surface area contributed by atoms with Crippen molar-refractivity contribution in [3.63, 3.8) is 0 Å². The summed E-state index contributed by atoms with van der Waals surface area (Å²) in [6, 6.07) is 12.6. The van der Waals surface area contributed by atoms with E-state index in [4.69, 9.17) is 9.47 Å². The fraction of sp³-hybridized carbons (Fsp3) is 0.231. The van der Waals surface area contributed by atoms with Crippen LogP contribution in [0.15, 0.2) is 60.6 Å². The van der Waals surface area contributed by atoms with Crippen LogP contribution in [0.1, 0.15) is 40.4 Å². The summed E-state index contributed by atoms with van der Waals surface area (Å²) in [5.41, 5.74) is 3.77. The van der Waals surface area contributed by atoms with Crippen LogP contribution in [0.4, 0.5) is 0 Å². The van der Waals surface area contributed by atoms with Crippen molar-refractivity contribution in [2.75, 3.05) is 7.11 Å². The molecule has 7 heteroatoms. The second kappa shape index (κ2) is 7.55. The molecule has 1 N–H and O–H groups in total. The predicted molar refractivity (Wildman–Crippen MR) is 124 cm³/mol. The van der Waals surface area contributed by atoms with Crippen molar-refractivity contribution in [1.29, 1.82) is 0 Å². The molecule has 0 amide bonds. The highest BCUT2D eigenvalue weighted by Gasteiger charge is 2.33. The van der Waals surface area contributed by atoms with Gasteiger partial charge in [-0.1, -0.05) is 0 Å². The number of fused-ring (bicyclic) bond motifs is 2. The van der Waals surface area contributed by atoms with Gasteiger partial charge in [0.1, 0.15) is 17.2 Å². The van der Waals surface area contributed by atoms with E-state index in [2.05, 4.69) is 15.7 Å². The molecule has 0 spiro atoms. The molecule has 1 aliphatic carbocycles. The van der Waals surface area contributed by atoms with Crippen molar-refractivity contribution in [2.24, 2.45) is 0 Å². The number of benzene rings is 2. The van der Waals surface area contributed by atoms with Gasteiger partial charge in [-0.3, -0.25) is 9.48 Å². The summed E-state index contributed by atoms with van der Waals surface area (Å²) in [6.07, 6.45) is 7.85. The van der Waals surface area contributed by atoms with E-state index in [9.17, 15) is 9.90 Å². The van der Waals surface area contributed by atoms with Crippen LogP contribution >= 0.6 is 0 Å². The van der Waals surface area contributed by atoms with E-state index in [1.165, 1.54) is 17.8 Å². The van der Waals surface area contributed by atoms with Gasteiger partial charge >= 0.3 is 0 Å². The number of aromatic nitrogens is 3.